The van der Waals surface area contributed by atoms with Crippen LogP contribution >= 0.6 is 12.2 Å². The molecule has 0 saturated heterocycles. The first-order valence-electron chi connectivity index (χ1n) is 6.00. The van der Waals surface area contributed by atoms with Crippen molar-refractivity contribution in [2.24, 2.45) is 5.73 Å². The Morgan fingerprint density at radius 2 is 2.06 bits per heavy atom. The quantitative estimate of drug-likeness (QED) is 0.822. The molecule has 0 aliphatic carbocycles. The number of benzene rings is 1. The normalized spacial score (nSPS) is 13.8. The second kappa shape index (κ2) is 5.48. The summed E-state index contributed by atoms with van der Waals surface area (Å²) in [7, 11) is 0. The van der Waals surface area contributed by atoms with Crippen LogP contribution in [0.4, 0.5) is 0 Å². The van der Waals surface area contributed by atoms with E-state index in [0.29, 0.717) is 17.0 Å². The fourth-order valence-electron chi connectivity index (χ4n) is 1.62. The third-order valence-corrected chi connectivity index (χ3v) is 3.73. The molecule has 1 unspecified atom stereocenters. The Balaban J connectivity index is 3.02. The van der Waals surface area contributed by atoms with Gasteiger partial charge >= 0.3 is 0 Å². The second-order valence-corrected chi connectivity index (χ2v) is 5.26. The molecule has 0 heterocycles. The lowest BCUT2D eigenvalue weighted by molar-refractivity contribution is 0.0926. The number of hydrogen-bond donors (Lipinski definition) is 2. The Kier molecular flexibility index (Phi) is 4.46. The highest BCUT2D eigenvalue weighted by Gasteiger charge is 2.28. The highest BCUT2D eigenvalue weighted by molar-refractivity contribution is 7.80. The molecular weight excluding hydrogens is 244 g/mol. The largest absolute Gasteiger partial charge is 0.391 e. The Labute approximate surface area is 114 Å². The summed E-state index contributed by atoms with van der Waals surface area (Å²) in [5, 5.41) is 2.92. The van der Waals surface area contributed by atoms with Crippen molar-refractivity contribution in [3.63, 3.8) is 0 Å². The van der Waals surface area contributed by atoms with Crippen LogP contribution in [0.2, 0.25) is 0 Å². The third-order valence-electron chi connectivity index (χ3n) is 3.28. The van der Waals surface area contributed by atoms with Gasteiger partial charge in [0.05, 0.1) is 10.5 Å². The molecule has 0 bridgehead atoms. The number of nitrogens with one attached hydrogen (secondary N) is 1. The molecule has 1 atom stereocenters. The van der Waals surface area contributed by atoms with E-state index < -0.39 is 5.54 Å². The molecule has 18 heavy (non-hydrogen) atoms. The Hall–Kier alpha value is -1.42. The minimum atomic E-state index is -0.636. The maximum atomic E-state index is 12.3. The Morgan fingerprint density at radius 1 is 1.44 bits per heavy atom. The zero-order valence-electron chi connectivity index (χ0n) is 11.3. The van der Waals surface area contributed by atoms with Crippen molar-refractivity contribution >= 4 is 23.1 Å². The molecular formula is C14H20N2OS. The minimum absolute atomic E-state index is 0.131. The molecule has 3 N–H and O–H groups in total. The molecule has 1 aromatic carbocycles. The number of thiocarbonyl (C=S) groups is 1. The van der Waals surface area contributed by atoms with Crippen molar-refractivity contribution in [3.8, 4) is 0 Å². The SMILES string of the molecule is CCC(C)(NC(=O)c1cc(C)ccc1C)C(N)=S. The number of rotatable bonds is 4. The van der Waals surface area contributed by atoms with E-state index in [2.05, 4.69) is 5.32 Å². The van der Waals surface area contributed by atoms with E-state index in [0.717, 1.165) is 11.1 Å². The maximum Gasteiger partial charge on any atom is 0.252 e. The number of hydrogen-bond acceptors (Lipinski definition) is 2. The summed E-state index contributed by atoms with van der Waals surface area (Å²) in [6.07, 6.45) is 0.666. The smallest absolute Gasteiger partial charge is 0.252 e. The molecule has 0 aliphatic heterocycles. The fraction of sp³-hybridized carbons (Fsp3) is 0.429. The lowest BCUT2D eigenvalue weighted by Crippen LogP contribution is -2.54. The Morgan fingerprint density at radius 3 is 2.56 bits per heavy atom. The van der Waals surface area contributed by atoms with Crippen LogP contribution in [0.3, 0.4) is 0 Å². The third kappa shape index (κ3) is 3.07. The van der Waals surface area contributed by atoms with Crippen molar-refractivity contribution in [1.29, 1.82) is 0 Å². The van der Waals surface area contributed by atoms with E-state index >= 15 is 0 Å². The summed E-state index contributed by atoms with van der Waals surface area (Å²) in [5.41, 5.74) is 7.73. The van der Waals surface area contributed by atoms with Gasteiger partial charge in [-0.25, -0.2) is 0 Å². The first-order valence-corrected chi connectivity index (χ1v) is 6.40. The average Bonchev–Trinajstić information content (AvgIpc) is 2.31. The lowest BCUT2D eigenvalue weighted by atomic mass is 9.97. The van der Waals surface area contributed by atoms with Gasteiger partial charge in [0.1, 0.15) is 0 Å². The van der Waals surface area contributed by atoms with Crippen molar-refractivity contribution < 1.29 is 4.79 Å². The van der Waals surface area contributed by atoms with Crippen LogP contribution in [0.5, 0.6) is 0 Å². The van der Waals surface area contributed by atoms with E-state index in [1.165, 1.54) is 0 Å². The summed E-state index contributed by atoms with van der Waals surface area (Å²) in [4.78, 5) is 12.6. The van der Waals surface area contributed by atoms with Gasteiger partial charge in [0.2, 0.25) is 0 Å². The van der Waals surface area contributed by atoms with Crippen LogP contribution in [0.25, 0.3) is 0 Å². The van der Waals surface area contributed by atoms with Crippen molar-refractivity contribution in [2.45, 2.75) is 39.7 Å². The van der Waals surface area contributed by atoms with Crippen LogP contribution in [-0.2, 0) is 0 Å². The van der Waals surface area contributed by atoms with Gasteiger partial charge in [-0.2, -0.15) is 0 Å². The molecule has 1 rings (SSSR count). The first-order chi connectivity index (χ1) is 8.30. The highest BCUT2D eigenvalue weighted by Crippen LogP contribution is 2.15. The Bertz CT molecular complexity index is 485. The number of amides is 1. The summed E-state index contributed by atoms with van der Waals surface area (Å²) in [6.45, 7) is 7.67. The van der Waals surface area contributed by atoms with Gasteiger partial charge in [-0.05, 0) is 38.8 Å². The number of carbonyl (C=O) groups is 1. The number of carbonyl (C=O) groups excluding carboxylic acids is 1. The van der Waals surface area contributed by atoms with Gasteiger partial charge in [0.25, 0.3) is 5.91 Å². The molecule has 98 valence electrons. The van der Waals surface area contributed by atoms with Crippen LogP contribution in [0.15, 0.2) is 18.2 Å². The molecule has 1 aromatic rings. The van der Waals surface area contributed by atoms with E-state index in [4.69, 9.17) is 18.0 Å². The van der Waals surface area contributed by atoms with Gasteiger partial charge in [0.15, 0.2) is 0 Å². The summed E-state index contributed by atoms with van der Waals surface area (Å²) in [5.74, 6) is -0.131. The molecule has 0 saturated carbocycles. The molecule has 0 aliphatic rings. The molecule has 4 heteroatoms. The average molecular weight is 264 g/mol. The second-order valence-electron chi connectivity index (χ2n) is 4.82. The first kappa shape index (κ1) is 14.6. The maximum absolute atomic E-state index is 12.3. The van der Waals surface area contributed by atoms with E-state index in [1.807, 2.05) is 45.9 Å². The van der Waals surface area contributed by atoms with Gasteiger partial charge in [-0.1, -0.05) is 36.8 Å². The lowest BCUT2D eigenvalue weighted by Gasteiger charge is -2.28. The zero-order valence-corrected chi connectivity index (χ0v) is 12.1. The summed E-state index contributed by atoms with van der Waals surface area (Å²) < 4.78 is 0. The van der Waals surface area contributed by atoms with Crippen LogP contribution in [-0.4, -0.2) is 16.4 Å². The molecule has 3 nitrogen and oxygen atoms in total. The molecule has 0 spiro atoms. The minimum Gasteiger partial charge on any atom is -0.391 e. The van der Waals surface area contributed by atoms with Crippen molar-refractivity contribution in [2.75, 3.05) is 0 Å². The van der Waals surface area contributed by atoms with E-state index in [9.17, 15) is 4.79 Å². The summed E-state index contributed by atoms with van der Waals surface area (Å²) in [6, 6.07) is 5.80. The zero-order chi connectivity index (χ0) is 13.9. The topological polar surface area (TPSA) is 55.1 Å². The fourth-order valence-corrected chi connectivity index (χ4v) is 1.82. The monoisotopic (exact) mass is 264 g/mol. The molecule has 0 radical (unpaired) electrons. The van der Waals surface area contributed by atoms with Gasteiger partial charge in [0, 0.05) is 5.56 Å². The molecule has 0 aromatic heterocycles. The van der Waals surface area contributed by atoms with E-state index in [1.54, 1.807) is 0 Å². The number of aryl methyl sites for hydroxylation is 2. The highest BCUT2D eigenvalue weighted by atomic mass is 32.1. The van der Waals surface area contributed by atoms with Gasteiger partial charge in [-0.15, -0.1) is 0 Å². The van der Waals surface area contributed by atoms with Crippen LogP contribution in [0, 0.1) is 13.8 Å². The van der Waals surface area contributed by atoms with Crippen LogP contribution < -0.4 is 11.1 Å². The standard InChI is InChI=1S/C14H20N2OS/c1-5-14(4,13(15)18)16-12(17)11-8-9(2)6-7-10(11)3/h6-8H,5H2,1-4H3,(H2,15,18)(H,16,17). The van der Waals surface area contributed by atoms with Gasteiger partial charge in [-0.3, -0.25) is 4.79 Å². The predicted octanol–water partition coefficient (Wildman–Crippen LogP) is 2.49. The predicted molar refractivity (Wildman–Crippen MR) is 78.9 cm³/mol. The van der Waals surface area contributed by atoms with E-state index in [-0.39, 0.29) is 5.91 Å². The summed E-state index contributed by atoms with van der Waals surface area (Å²) >= 11 is 5.02. The van der Waals surface area contributed by atoms with Crippen molar-refractivity contribution in [3.05, 3.63) is 34.9 Å². The van der Waals surface area contributed by atoms with Gasteiger partial charge < -0.3 is 11.1 Å². The van der Waals surface area contributed by atoms with Crippen molar-refractivity contribution in [1.82, 2.24) is 5.32 Å². The molecule has 0 fully saturated rings. The van der Waals surface area contributed by atoms with Crippen LogP contribution in [0.1, 0.15) is 41.8 Å². The number of nitrogens with two attached hydrogens (primary N) is 1. The molecule has 1 amide bonds.